The van der Waals surface area contributed by atoms with Crippen LogP contribution in [0.5, 0.6) is 0 Å². The molecule has 0 radical (unpaired) electrons. The largest absolute Gasteiger partial charge is 0.341 e. The molecule has 128 valence electrons. The lowest BCUT2D eigenvalue weighted by Crippen LogP contribution is -2.15. The Bertz CT molecular complexity index is 996. The van der Waals surface area contributed by atoms with Gasteiger partial charge in [-0.2, -0.15) is 0 Å². The summed E-state index contributed by atoms with van der Waals surface area (Å²) in [6, 6.07) is 9.20. The molecule has 1 amide bonds. The molecule has 0 spiro atoms. The Morgan fingerprint density at radius 2 is 2.08 bits per heavy atom. The number of nitrogens with zero attached hydrogens (tertiary/aromatic N) is 2. The van der Waals surface area contributed by atoms with Crippen molar-refractivity contribution >= 4 is 22.6 Å². The Labute approximate surface area is 143 Å². The van der Waals surface area contributed by atoms with Gasteiger partial charge in [0.05, 0.1) is 22.5 Å². The maximum atomic E-state index is 14.9. The highest BCUT2D eigenvalue weighted by Crippen LogP contribution is 2.36. The predicted molar refractivity (Wildman–Crippen MR) is 92.5 cm³/mol. The molecule has 2 heterocycles. The van der Waals surface area contributed by atoms with E-state index in [0.29, 0.717) is 22.4 Å². The summed E-state index contributed by atoms with van der Waals surface area (Å²) in [5, 5.41) is 2.99. The average Bonchev–Trinajstić information content (AvgIpc) is 3.28. The monoisotopic (exact) mass is 341 g/mol. The first-order valence-corrected chi connectivity index (χ1v) is 8.12. The van der Waals surface area contributed by atoms with E-state index in [9.17, 15) is 13.6 Å². The van der Waals surface area contributed by atoms with Gasteiger partial charge in [0.25, 0.3) is 0 Å². The lowest BCUT2D eigenvalue weighted by atomic mass is 10.1. The smallest absolute Gasteiger partial charge is 0.231 e. The third-order valence-corrected chi connectivity index (χ3v) is 4.72. The highest BCUT2D eigenvalue weighted by atomic mass is 19.1. The zero-order chi connectivity index (χ0) is 17.7. The summed E-state index contributed by atoms with van der Waals surface area (Å²) in [4.78, 5) is 16.0. The Kier molecular flexibility index (Phi) is 3.56. The number of aryl methyl sites for hydroxylation is 2. The zero-order valence-electron chi connectivity index (χ0n) is 13.9. The van der Waals surface area contributed by atoms with Gasteiger partial charge in [0.15, 0.2) is 5.82 Å². The Morgan fingerprint density at radius 3 is 2.76 bits per heavy atom. The van der Waals surface area contributed by atoms with Crippen LogP contribution in [-0.4, -0.2) is 21.6 Å². The van der Waals surface area contributed by atoms with E-state index in [1.54, 1.807) is 17.7 Å². The van der Waals surface area contributed by atoms with Crippen LogP contribution in [0.15, 0.2) is 36.5 Å². The molecule has 4 nitrogen and oxygen atoms in total. The first-order valence-electron chi connectivity index (χ1n) is 8.12. The van der Waals surface area contributed by atoms with Gasteiger partial charge in [-0.1, -0.05) is 24.3 Å². The minimum atomic E-state index is -1.07. The van der Waals surface area contributed by atoms with Crippen LogP contribution in [0.2, 0.25) is 0 Å². The number of nitrogens with one attached hydrogen (secondary N) is 1. The van der Waals surface area contributed by atoms with Crippen LogP contribution in [0.1, 0.15) is 12.0 Å². The topological polar surface area (TPSA) is 46.9 Å². The van der Waals surface area contributed by atoms with Crippen molar-refractivity contribution in [3.63, 3.8) is 0 Å². The molecule has 0 bridgehead atoms. The van der Waals surface area contributed by atoms with Crippen molar-refractivity contribution in [2.75, 3.05) is 5.32 Å². The van der Waals surface area contributed by atoms with Gasteiger partial charge in [0.1, 0.15) is 12.0 Å². The predicted octanol–water partition coefficient (Wildman–Crippen LogP) is 3.98. The van der Waals surface area contributed by atoms with E-state index in [1.165, 1.54) is 6.20 Å². The SMILES string of the molecule is Cc1ccccc1-c1c(F)c2cnc(NC(=O)C3CC3F)cc2n1C. The van der Waals surface area contributed by atoms with Crippen molar-refractivity contribution in [3.8, 4) is 11.3 Å². The van der Waals surface area contributed by atoms with Crippen molar-refractivity contribution in [3.05, 3.63) is 47.9 Å². The fourth-order valence-corrected chi connectivity index (χ4v) is 3.15. The van der Waals surface area contributed by atoms with Crippen LogP contribution < -0.4 is 5.32 Å². The minimum Gasteiger partial charge on any atom is -0.341 e. The summed E-state index contributed by atoms with van der Waals surface area (Å²) in [5.41, 5.74) is 2.87. The summed E-state index contributed by atoms with van der Waals surface area (Å²) < 4.78 is 29.7. The molecule has 3 aromatic rings. The molecular formula is C19H17F2N3O. The second-order valence-corrected chi connectivity index (χ2v) is 6.47. The summed E-state index contributed by atoms with van der Waals surface area (Å²) in [5.74, 6) is -1.02. The quantitative estimate of drug-likeness (QED) is 0.783. The second kappa shape index (κ2) is 5.65. The Hall–Kier alpha value is -2.76. The molecule has 1 aromatic carbocycles. The van der Waals surface area contributed by atoms with Gasteiger partial charge >= 0.3 is 0 Å². The van der Waals surface area contributed by atoms with Gasteiger partial charge in [0, 0.05) is 24.9 Å². The number of alkyl halides is 1. The van der Waals surface area contributed by atoms with Crippen molar-refractivity contribution in [1.29, 1.82) is 0 Å². The number of rotatable bonds is 3. The number of halogens is 2. The second-order valence-electron chi connectivity index (χ2n) is 6.47. The van der Waals surface area contributed by atoms with Crippen LogP contribution >= 0.6 is 0 Å². The molecule has 2 unspecified atom stereocenters. The van der Waals surface area contributed by atoms with E-state index >= 15 is 0 Å². The van der Waals surface area contributed by atoms with E-state index < -0.39 is 12.1 Å². The molecule has 25 heavy (non-hydrogen) atoms. The van der Waals surface area contributed by atoms with E-state index in [0.717, 1.165) is 11.1 Å². The first-order chi connectivity index (χ1) is 12.0. The van der Waals surface area contributed by atoms with E-state index in [2.05, 4.69) is 10.3 Å². The minimum absolute atomic E-state index is 0.254. The number of carbonyl (C=O) groups is 1. The van der Waals surface area contributed by atoms with Gasteiger partial charge in [-0.3, -0.25) is 4.79 Å². The summed E-state index contributed by atoms with van der Waals surface area (Å²) in [6.07, 6.45) is 0.593. The molecular weight excluding hydrogens is 324 g/mol. The molecule has 1 aliphatic rings. The number of hydrogen-bond acceptors (Lipinski definition) is 2. The van der Waals surface area contributed by atoms with Crippen molar-refractivity contribution in [1.82, 2.24) is 9.55 Å². The summed E-state index contributed by atoms with van der Waals surface area (Å²) in [7, 11) is 1.78. The molecule has 1 aliphatic carbocycles. The standard InChI is InChI=1S/C19H17F2N3O/c1-10-5-3-4-6-11(10)18-17(21)13-9-22-16(8-15(13)24(18)2)23-19(25)12-7-14(12)20/h3-6,8-9,12,14H,7H2,1-2H3,(H,22,23,25). The maximum absolute atomic E-state index is 14.9. The van der Waals surface area contributed by atoms with Crippen LogP contribution in [0.25, 0.3) is 22.2 Å². The summed E-state index contributed by atoms with van der Waals surface area (Å²) in [6.45, 7) is 1.93. The van der Waals surface area contributed by atoms with Crippen molar-refractivity contribution in [2.24, 2.45) is 13.0 Å². The third-order valence-electron chi connectivity index (χ3n) is 4.72. The molecule has 6 heteroatoms. The molecule has 0 saturated heterocycles. The number of fused-ring (bicyclic) bond motifs is 1. The number of pyridine rings is 1. The Morgan fingerprint density at radius 1 is 1.36 bits per heavy atom. The van der Waals surface area contributed by atoms with Crippen molar-refractivity contribution in [2.45, 2.75) is 19.5 Å². The molecule has 0 aliphatic heterocycles. The number of benzene rings is 1. The van der Waals surface area contributed by atoms with Gasteiger partial charge in [0.2, 0.25) is 5.91 Å². The Balaban J connectivity index is 1.77. The van der Waals surface area contributed by atoms with Gasteiger partial charge < -0.3 is 9.88 Å². The van der Waals surface area contributed by atoms with Gasteiger partial charge in [-0.15, -0.1) is 0 Å². The van der Waals surface area contributed by atoms with Crippen LogP contribution in [0.4, 0.5) is 14.6 Å². The van der Waals surface area contributed by atoms with Gasteiger partial charge in [-0.25, -0.2) is 13.8 Å². The van der Waals surface area contributed by atoms with E-state index in [1.807, 2.05) is 31.2 Å². The molecule has 1 saturated carbocycles. The maximum Gasteiger partial charge on any atom is 0.231 e. The number of hydrogen-bond donors (Lipinski definition) is 1. The number of anilines is 1. The first kappa shape index (κ1) is 15.7. The highest BCUT2D eigenvalue weighted by Gasteiger charge is 2.43. The molecule has 2 atom stereocenters. The van der Waals surface area contributed by atoms with Crippen LogP contribution in [0, 0.1) is 18.7 Å². The normalized spacial score (nSPS) is 19.2. The zero-order valence-corrected chi connectivity index (χ0v) is 13.9. The molecule has 2 aromatic heterocycles. The molecule has 1 fully saturated rings. The van der Waals surface area contributed by atoms with Crippen molar-refractivity contribution < 1.29 is 13.6 Å². The van der Waals surface area contributed by atoms with Crippen LogP contribution in [-0.2, 0) is 11.8 Å². The lowest BCUT2D eigenvalue weighted by molar-refractivity contribution is -0.117. The fraction of sp³-hybridized carbons (Fsp3) is 0.263. The number of aromatic nitrogens is 2. The average molecular weight is 341 g/mol. The van der Waals surface area contributed by atoms with Crippen LogP contribution in [0.3, 0.4) is 0 Å². The molecule has 1 N–H and O–H groups in total. The van der Waals surface area contributed by atoms with E-state index in [4.69, 9.17) is 0 Å². The van der Waals surface area contributed by atoms with E-state index in [-0.39, 0.29) is 18.1 Å². The fourth-order valence-electron chi connectivity index (χ4n) is 3.15. The summed E-state index contributed by atoms with van der Waals surface area (Å²) >= 11 is 0. The number of carbonyl (C=O) groups excluding carboxylic acids is 1. The van der Waals surface area contributed by atoms with Gasteiger partial charge in [-0.05, 0) is 18.9 Å². The third kappa shape index (κ3) is 2.58. The molecule has 4 rings (SSSR count). The lowest BCUT2D eigenvalue weighted by Gasteiger charge is -2.08. The number of amides is 1. The highest BCUT2D eigenvalue weighted by molar-refractivity contribution is 5.96.